The van der Waals surface area contributed by atoms with Crippen molar-refractivity contribution in [2.75, 3.05) is 6.79 Å². The Morgan fingerprint density at radius 2 is 2.07 bits per heavy atom. The van der Waals surface area contributed by atoms with Gasteiger partial charge in [0.2, 0.25) is 6.79 Å². The Hall–Kier alpha value is -1.97. The van der Waals surface area contributed by atoms with Crippen LogP contribution in [-0.2, 0) is 0 Å². The standard InChI is InChI=1S/C11H9NO3/c1-7-11(13-5-12-7)8-2-3-9-10(4-8)15-6-14-9/h2-5H,6H2,1H3. The lowest BCUT2D eigenvalue weighted by molar-refractivity contribution is 0.174. The summed E-state index contributed by atoms with van der Waals surface area (Å²) in [5.74, 6) is 2.30. The van der Waals surface area contributed by atoms with E-state index in [1.807, 2.05) is 25.1 Å². The van der Waals surface area contributed by atoms with Crippen molar-refractivity contribution in [1.29, 1.82) is 0 Å². The Morgan fingerprint density at radius 1 is 1.20 bits per heavy atom. The number of aryl methyl sites for hydroxylation is 1. The van der Waals surface area contributed by atoms with E-state index in [0.29, 0.717) is 0 Å². The van der Waals surface area contributed by atoms with Crippen LogP contribution < -0.4 is 9.47 Å². The van der Waals surface area contributed by atoms with Gasteiger partial charge in [0, 0.05) is 5.56 Å². The van der Waals surface area contributed by atoms with E-state index in [0.717, 1.165) is 28.5 Å². The zero-order valence-electron chi connectivity index (χ0n) is 8.19. The third-order valence-corrected chi connectivity index (χ3v) is 2.38. The van der Waals surface area contributed by atoms with E-state index >= 15 is 0 Å². The third-order valence-electron chi connectivity index (χ3n) is 2.38. The van der Waals surface area contributed by atoms with Gasteiger partial charge in [0.25, 0.3) is 0 Å². The number of rotatable bonds is 1. The lowest BCUT2D eigenvalue weighted by Crippen LogP contribution is -1.92. The van der Waals surface area contributed by atoms with Crippen LogP contribution in [0.25, 0.3) is 11.3 Å². The van der Waals surface area contributed by atoms with Crippen molar-refractivity contribution in [1.82, 2.24) is 4.98 Å². The van der Waals surface area contributed by atoms with Crippen LogP contribution >= 0.6 is 0 Å². The average Bonchev–Trinajstić information content (AvgIpc) is 2.84. The minimum atomic E-state index is 0.286. The van der Waals surface area contributed by atoms with Gasteiger partial charge >= 0.3 is 0 Å². The summed E-state index contributed by atoms with van der Waals surface area (Å²) in [4.78, 5) is 4.05. The maximum Gasteiger partial charge on any atom is 0.231 e. The molecular weight excluding hydrogens is 194 g/mol. The molecule has 0 saturated carbocycles. The highest BCUT2D eigenvalue weighted by molar-refractivity contribution is 5.64. The summed E-state index contributed by atoms with van der Waals surface area (Å²) in [6.07, 6.45) is 1.44. The topological polar surface area (TPSA) is 44.5 Å². The van der Waals surface area contributed by atoms with Crippen molar-refractivity contribution in [2.45, 2.75) is 6.92 Å². The minimum Gasteiger partial charge on any atom is -0.454 e. The molecule has 1 aliphatic heterocycles. The van der Waals surface area contributed by atoms with Crippen LogP contribution in [0.3, 0.4) is 0 Å². The molecule has 0 bridgehead atoms. The second-order valence-corrected chi connectivity index (χ2v) is 3.33. The molecule has 1 aromatic heterocycles. The van der Waals surface area contributed by atoms with Crippen LogP contribution in [0.15, 0.2) is 29.0 Å². The first-order valence-corrected chi connectivity index (χ1v) is 4.65. The monoisotopic (exact) mass is 203 g/mol. The highest BCUT2D eigenvalue weighted by Crippen LogP contribution is 2.36. The van der Waals surface area contributed by atoms with E-state index in [1.54, 1.807) is 0 Å². The minimum absolute atomic E-state index is 0.286. The largest absolute Gasteiger partial charge is 0.454 e. The normalized spacial score (nSPS) is 13.1. The molecule has 3 rings (SSSR count). The quantitative estimate of drug-likeness (QED) is 0.713. The van der Waals surface area contributed by atoms with Crippen LogP contribution in [-0.4, -0.2) is 11.8 Å². The maximum absolute atomic E-state index is 5.30. The Morgan fingerprint density at radius 3 is 2.87 bits per heavy atom. The molecule has 0 aliphatic carbocycles. The van der Waals surface area contributed by atoms with Gasteiger partial charge in [0.05, 0.1) is 5.69 Å². The van der Waals surface area contributed by atoms with Gasteiger partial charge < -0.3 is 13.9 Å². The van der Waals surface area contributed by atoms with Crippen molar-refractivity contribution >= 4 is 0 Å². The lowest BCUT2D eigenvalue weighted by atomic mass is 10.1. The van der Waals surface area contributed by atoms with Crippen molar-refractivity contribution < 1.29 is 13.9 Å². The summed E-state index contributed by atoms with van der Waals surface area (Å²) in [5.41, 5.74) is 1.82. The Balaban J connectivity index is 2.11. The van der Waals surface area contributed by atoms with Crippen molar-refractivity contribution in [3.05, 3.63) is 30.3 Å². The zero-order chi connectivity index (χ0) is 10.3. The predicted octanol–water partition coefficient (Wildman–Crippen LogP) is 2.38. The van der Waals surface area contributed by atoms with Gasteiger partial charge in [0.1, 0.15) is 0 Å². The van der Waals surface area contributed by atoms with E-state index in [2.05, 4.69) is 4.98 Å². The van der Waals surface area contributed by atoms with Crippen LogP contribution in [0.2, 0.25) is 0 Å². The van der Waals surface area contributed by atoms with Gasteiger partial charge in [-0.15, -0.1) is 0 Å². The number of fused-ring (bicyclic) bond motifs is 1. The van der Waals surface area contributed by atoms with Gasteiger partial charge in [-0.05, 0) is 25.1 Å². The fourth-order valence-electron chi connectivity index (χ4n) is 1.62. The molecule has 0 fully saturated rings. The number of oxazole rings is 1. The molecular formula is C11H9NO3. The molecule has 76 valence electrons. The second-order valence-electron chi connectivity index (χ2n) is 3.33. The second kappa shape index (κ2) is 3.02. The number of hydrogen-bond acceptors (Lipinski definition) is 4. The smallest absolute Gasteiger partial charge is 0.231 e. The third kappa shape index (κ3) is 1.26. The predicted molar refractivity (Wildman–Crippen MR) is 52.8 cm³/mol. The molecule has 2 aromatic rings. The molecule has 4 heteroatoms. The van der Waals surface area contributed by atoms with Gasteiger partial charge in [-0.2, -0.15) is 0 Å². The van der Waals surface area contributed by atoms with Crippen LogP contribution in [0, 0.1) is 6.92 Å². The van der Waals surface area contributed by atoms with Gasteiger partial charge in [-0.25, -0.2) is 4.98 Å². The highest BCUT2D eigenvalue weighted by atomic mass is 16.7. The fourth-order valence-corrected chi connectivity index (χ4v) is 1.62. The first-order valence-electron chi connectivity index (χ1n) is 4.65. The molecule has 2 heterocycles. The molecule has 1 aliphatic rings. The molecule has 0 atom stereocenters. The van der Waals surface area contributed by atoms with Crippen molar-refractivity contribution in [2.24, 2.45) is 0 Å². The van der Waals surface area contributed by atoms with Crippen LogP contribution in [0.5, 0.6) is 11.5 Å². The highest BCUT2D eigenvalue weighted by Gasteiger charge is 2.15. The Kier molecular flexibility index (Phi) is 1.68. The summed E-state index contributed by atoms with van der Waals surface area (Å²) in [6, 6.07) is 5.70. The van der Waals surface area contributed by atoms with E-state index in [4.69, 9.17) is 13.9 Å². The summed E-state index contributed by atoms with van der Waals surface area (Å²) in [7, 11) is 0. The summed E-state index contributed by atoms with van der Waals surface area (Å²) in [6.45, 7) is 2.19. The molecule has 0 amide bonds. The Labute approximate surface area is 86.5 Å². The van der Waals surface area contributed by atoms with Gasteiger partial charge in [-0.1, -0.05) is 0 Å². The fraction of sp³-hybridized carbons (Fsp3) is 0.182. The molecule has 15 heavy (non-hydrogen) atoms. The van der Waals surface area contributed by atoms with Gasteiger partial charge in [-0.3, -0.25) is 0 Å². The Bertz CT molecular complexity index is 504. The van der Waals surface area contributed by atoms with Gasteiger partial charge in [0.15, 0.2) is 23.7 Å². The molecule has 0 radical (unpaired) electrons. The number of nitrogens with zero attached hydrogens (tertiary/aromatic N) is 1. The van der Waals surface area contributed by atoms with E-state index in [1.165, 1.54) is 6.39 Å². The van der Waals surface area contributed by atoms with E-state index in [-0.39, 0.29) is 6.79 Å². The summed E-state index contributed by atoms with van der Waals surface area (Å²) < 4.78 is 15.8. The zero-order valence-corrected chi connectivity index (χ0v) is 8.19. The number of ether oxygens (including phenoxy) is 2. The average molecular weight is 203 g/mol. The molecule has 0 spiro atoms. The maximum atomic E-state index is 5.30. The molecule has 0 unspecified atom stereocenters. The first-order chi connectivity index (χ1) is 7.34. The van der Waals surface area contributed by atoms with Crippen LogP contribution in [0.4, 0.5) is 0 Å². The number of aromatic nitrogens is 1. The molecule has 1 aromatic carbocycles. The number of hydrogen-bond donors (Lipinski definition) is 0. The van der Waals surface area contributed by atoms with Crippen molar-refractivity contribution in [3.63, 3.8) is 0 Å². The number of benzene rings is 1. The SMILES string of the molecule is Cc1ncoc1-c1ccc2c(c1)OCO2. The van der Waals surface area contributed by atoms with E-state index in [9.17, 15) is 0 Å². The molecule has 0 saturated heterocycles. The summed E-state index contributed by atoms with van der Waals surface area (Å²) >= 11 is 0. The van der Waals surface area contributed by atoms with Crippen molar-refractivity contribution in [3.8, 4) is 22.8 Å². The lowest BCUT2D eigenvalue weighted by Gasteiger charge is -1.99. The van der Waals surface area contributed by atoms with Crippen LogP contribution in [0.1, 0.15) is 5.69 Å². The molecule has 4 nitrogen and oxygen atoms in total. The first kappa shape index (κ1) is 8.35. The summed E-state index contributed by atoms with van der Waals surface area (Å²) in [5, 5.41) is 0. The molecule has 0 N–H and O–H groups in total. The van der Waals surface area contributed by atoms with E-state index < -0.39 is 0 Å².